The number of hydrogen-bond donors (Lipinski definition) is 0. The van der Waals surface area contributed by atoms with Gasteiger partial charge in [0, 0.05) is 0 Å². The van der Waals surface area contributed by atoms with Crippen LogP contribution in [0.2, 0.25) is 0 Å². The number of nitro benzene ring substituents is 1. The standard InChI is InChI=1S/C26H22N2O6S/c1-17-8-10-18(11-9-17)15-27-25(29)24(35-26(27)30)13-20-12-22(33-2)23(14-21(20)28(31)32)34-16-19-6-4-3-5-7-19/h3-14H,15-16H2,1-2H3/b24-13+. The Hall–Kier alpha value is -4.11. The van der Waals surface area contributed by atoms with Crippen molar-refractivity contribution in [2.75, 3.05) is 7.11 Å². The molecule has 0 spiro atoms. The average Bonchev–Trinajstić information content (AvgIpc) is 3.11. The highest BCUT2D eigenvalue weighted by Gasteiger charge is 2.35. The predicted octanol–water partition coefficient (Wildman–Crippen LogP) is 5.73. The van der Waals surface area contributed by atoms with Gasteiger partial charge in [-0.25, -0.2) is 0 Å². The molecule has 1 fully saturated rings. The van der Waals surface area contributed by atoms with Gasteiger partial charge in [-0.15, -0.1) is 0 Å². The summed E-state index contributed by atoms with van der Waals surface area (Å²) >= 11 is 0.749. The molecule has 0 aliphatic carbocycles. The Morgan fingerprint density at radius 1 is 1.00 bits per heavy atom. The van der Waals surface area contributed by atoms with E-state index < -0.39 is 16.1 Å². The van der Waals surface area contributed by atoms with Gasteiger partial charge in [0.05, 0.1) is 35.1 Å². The van der Waals surface area contributed by atoms with Gasteiger partial charge in [-0.05, 0) is 42.0 Å². The zero-order valence-corrected chi connectivity index (χ0v) is 19.9. The zero-order valence-electron chi connectivity index (χ0n) is 19.1. The van der Waals surface area contributed by atoms with Crippen molar-refractivity contribution in [1.29, 1.82) is 0 Å². The first-order valence-electron chi connectivity index (χ1n) is 10.7. The molecule has 8 nitrogen and oxygen atoms in total. The number of benzene rings is 3. The van der Waals surface area contributed by atoms with Gasteiger partial charge < -0.3 is 9.47 Å². The van der Waals surface area contributed by atoms with Crippen LogP contribution in [0, 0.1) is 17.0 Å². The van der Waals surface area contributed by atoms with E-state index in [-0.39, 0.29) is 40.8 Å². The van der Waals surface area contributed by atoms with Crippen LogP contribution in [0.3, 0.4) is 0 Å². The SMILES string of the molecule is COc1cc(/C=C2/SC(=O)N(Cc3ccc(C)cc3)C2=O)c([N+](=O)[O-])cc1OCc1ccccc1. The molecule has 0 saturated carbocycles. The number of ether oxygens (including phenoxy) is 2. The highest BCUT2D eigenvalue weighted by Crippen LogP contribution is 2.39. The molecule has 35 heavy (non-hydrogen) atoms. The molecule has 2 amide bonds. The maximum Gasteiger partial charge on any atom is 0.293 e. The van der Waals surface area contributed by atoms with Gasteiger partial charge in [0.15, 0.2) is 11.5 Å². The van der Waals surface area contributed by atoms with Crippen molar-refractivity contribution < 1.29 is 24.0 Å². The van der Waals surface area contributed by atoms with Crippen molar-refractivity contribution in [3.8, 4) is 11.5 Å². The molecule has 3 aromatic rings. The number of nitrogens with zero attached hydrogens (tertiary/aromatic N) is 2. The van der Waals surface area contributed by atoms with Crippen LogP contribution in [0.15, 0.2) is 71.6 Å². The molecule has 3 aromatic carbocycles. The minimum absolute atomic E-state index is 0.102. The molecule has 1 aliphatic heterocycles. The molecule has 178 valence electrons. The number of amides is 2. The van der Waals surface area contributed by atoms with E-state index in [4.69, 9.17) is 9.47 Å². The Balaban J connectivity index is 1.61. The smallest absolute Gasteiger partial charge is 0.293 e. The summed E-state index contributed by atoms with van der Waals surface area (Å²) in [5.41, 5.74) is 2.65. The first-order valence-corrected chi connectivity index (χ1v) is 11.5. The minimum Gasteiger partial charge on any atom is -0.493 e. The van der Waals surface area contributed by atoms with E-state index in [1.54, 1.807) is 0 Å². The molecule has 0 radical (unpaired) electrons. The Bertz CT molecular complexity index is 1310. The lowest BCUT2D eigenvalue weighted by Crippen LogP contribution is -2.27. The summed E-state index contributed by atoms with van der Waals surface area (Å²) in [6.07, 6.45) is 1.35. The van der Waals surface area contributed by atoms with Crippen molar-refractivity contribution in [3.05, 3.63) is 104 Å². The van der Waals surface area contributed by atoms with Crippen molar-refractivity contribution in [1.82, 2.24) is 4.90 Å². The largest absolute Gasteiger partial charge is 0.493 e. The summed E-state index contributed by atoms with van der Waals surface area (Å²) in [4.78, 5) is 37.9. The van der Waals surface area contributed by atoms with Gasteiger partial charge in [-0.3, -0.25) is 24.6 Å². The van der Waals surface area contributed by atoms with Gasteiger partial charge in [0.25, 0.3) is 16.8 Å². The van der Waals surface area contributed by atoms with Crippen LogP contribution in [0.4, 0.5) is 10.5 Å². The summed E-state index contributed by atoms with van der Waals surface area (Å²) in [5.74, 6) is -0.0254. The van der Waals surface area contributed by atoms with Gasteiger partial charge in [0.1, 0.15) is 6.61 Å². The maximum atomic E-state index is 12.9. The number of thioether (sulfide) groups is 1. The maximum absolute atomic E-state index is 12.9. The average molecular weight is 491 g/mol. The van der Waals surface area contributed by atoms with Crippen LogP contribution >= 0.6 is 11.8 Å². The van der Waals surface area contributed by atoms with E-state index in [9.17, 15) is 19.7 Å². The number of carbonyl (C=O) groups excluding carboxylic acids is 2. The molecule has 9 heteroatoms. The number of rotatable bonds is 8. The van der Waals surface area contributed by atoms with Crippen molar-refractivity contribution in [2.24, 2.45) is 0 Å². The highest BCUT2D eigenvalue weighted by molar-refractivity contribution is 8.18. The second-order valence-electron chi connectivity index (χ2n) is 7.85. The Kier molecular flexibility index (Phi) is 7.17. The molecule has 0 N–H and O–H groups in total. The molecular formula is C26H22N2O6S. The minimum atomic E-state index is -0.558. The number of methoxy groups -OCH3 is 1. The number of carbonyl (C=O) groups is 2. The van der Waals surface area contributed by atoms with Crippen molar-refractivity contribution in [3.63, 3.8) is 0 Å². The number of aryl methyl sites for hydroxylation is 1. The van der Waals surface area contributed by atoms with E-state index in [1.165, 1.54) is 25.3 Å². The summed E-state index contributed by atoms with van der Waals surface area (Å²) < 4.78 is 11.2. The summed E-state index contributed by atoms with van der Waals surface area (Å²) in [6.45, 7) is 2.28. The summed E-state index contributed by atoms with van der Waals surface area (Å²) in [7, 11) is 1.43. The third kappa shape index (κ3) is 5.52. The van der Waals surface area contributed by atoms with Gasteiger partial charge >= 0.3 is 0 Å². The van der Waals surface area contributed by atoms with Gasteiger partial charge in [0.2, 0.25) is 0 Å². The van der Waals surface area contributed by atoms with Crippen LogP contribution in [-0.4, -0.2) is 28.1 Å². The fraction of sp³-hybridized carbons (Fsp3) is 0.154. The van der Waals surface area contributed by atoms with Gasteiger partial charge in [-0.1, -0.05) is 60.2 Å². The molecule has 0 aromatic heterocycles. The summed E-state index contributed by atoms with van der Waals surface area (Å²) in [5, 5.41) is 11.4. The van der Waals surface area contributed by atoms with E-state index in [2.05, 4.69) is 0 Å². The lowest BCUT2D eigenvalue weighted by atomic mass is 10.1. The lowest BCUT2D eigenvalue weighted by Gasteiger charge is -2.13. The van der Waals surface area contributed by atoms with Crippen LogP contribution in [-0.2, 0) is 17.9 Å². The summed E-state index contributed by atoms with van der Waals surface area (Å²) in [6, 6.07) is 19.6. The quantitative estimate of drug-likeness (QED) is 0.226. The van der Waals surface area contributed by atoms with Crippen LogP contribution < -0.4 is 9.47 Å². The lowest BCUT2D eigenvalue weighted by molar-refractivity contribution is -0.385. The van der Waals surface area contributed by atoms with Crippen LogP contribution in [0.5, 0.6) is 11.5 Å². The van der Waals surface area contributed by atoms with Crippen LogP contribution in [0.1, 0.15) is 22.3 Å². The highest BCUT2D eigenvalue weighted by atomic mass is 32.2. The van der Waals surface area contributed by atoms with E-state index in [0.29, 0.717) is 0 Å². The first-order chi connectivity index (χ1) is 16.9. The third-order valence-corrected chi connectivity index (χ3v) is 6.28. The molecular weight excluding hydrogens is 468 g/mol. The van der Waals surface area contributed by atoms with Crippen LogP contribution in [0.25, 0.3) is 6.08 Å². The fourth-order valence-electron chi connectivity index (χ4n) is 3.50. The second-order valence-corrected chi connectivity index (χ2v) is 8.84. The zero-order chi connectivity index (χ0) is 24.9. The Morgan fingerprint density at radius 2 is 1.71 bits per heavy atom. The molecule has 0 bridgehead atoms. The molecule has 1 saturated heterocycles. The van der Waals surface area contributed by atoms with E-state index in [1.807, 2.05) is 61.5 Å². The Labute approximate surface area is 206 Å². The fourth-order valence-corrected chi connectivity index (χ4v) is 4.33. The topological polar surface area (TPSA) is 99.0 Å². The molecule has 4 rings (SSSR count). The van der Waals surface area contributed by atoms with Crippen molar-refractivity contribution >= 4 is 34.7 Å². The number of hydrogen-bond acceptors (Lipinski definition) is 7. The first kappa shape index (κ1) is 24.0. The molecule has 1 aliphatic rings. The number of nitro groups is 1. The number of imide groups is 1. The molecule has 0 unspecified atom stereocenters. The normalized spacial score (nSPS) is 14.5. The van der Waals surface area contributed by atoms with E-state index >= 15 is 0 Å². The Morgan fingerprint density at radius 3 is 2.37 bits per heavy atom. The molecule has 1 heterocycles. The van der Waals surface area contributed by atoms with Crippen molar-refractivity contribution in [2.45, 2.75) is 20.1 Å². The van der Waals surface area contributed by atoms with E-state index in [0.717, 1.165) is 33.4 Å². The molecule has 0 atom stereocenters. The monoisotopic (exact) mass is 490 g/mol. The van der Waals surface area contributed by atoms with Gasteiger partial charge in [-0.2, -0.15) is 0 Å². The second kappa shape index (κ2) is 10.4. The predicted molar refractivity (Wildman–Crippen MR) is 133 cm³/mol. The third-order valence-electron chi connectivity index (χ3n) is 5.37.